The Balaban J connectivity index is 1.61. The standard InChI is InChI=1S/C35H41Cl2NO5/c1-7-42-30-15-22(9-11-29(30)43-20-21-8-10-23(36)24(37)14-21)31-32-25(16-34(2,3)18-27(32)39)38(12-13-41-6)26-17-35(4,5)19-28(40)33(26)31/h8-11,14-15,31H,7,12-13,16-20H2,1-6H3. The number of hydrogen-bond acceptors (Lipinski definition) is 6. The average Bonchev–Trinajstić information content (AvgIpc) is 2.91. The van der Waals surface area contributed by atoms with Crippen molar-refractivity contribution in [2.45, 2.75) is 72.8 Å². The Hall–Kier alpha value is -2.80. The Morgan fingerprint density at radius 1 is 0.814 bits per heavy atom. The first-order valence-corrected chi connectivity index (χ1v) is 15.7. The van der Waals surface area contributed by atoms with Crippen LogP contribution in [0.5, 0.6) is 11.5 Å². The number of carbonyl (C=O) groups is 2. The van der Waals surface area contributed by atoms with Crippen LogP contribution in [-0.2, 0) is 20.9 Å². The molecule has 2 aromatic carbocycles. The molecule has 0 aromatic heterocycles. The predicted molar refractivity (Wildman–Crippen MR) is 170 cm³/mol. The Morgan fingerprint density at radius 2 is 1.44 bits per heavy atom. The highest BCUT2D eigenvalue weighted by molar-refractivity contribution is 6.42. The van der Waals surface area contributed by atoms with Crippen LogP contribution in [0, 0.1) is 10.8 Å². The molecule has 1 aliphatic heterocycles. The molecule has 2 aromatic rings. The lowest BCUT2D eigenvalue weighted by molar-refractivity contribution is -0.119. The van der Waals surface area contributed by atoms with Crippen LogP contribution in [0.3, 0.4) is 0 Å². The molecule has 6 nitrogen and oxygen atoms in total. The van der Waals surface area contributed by atoms with Crippen LogP contribution in [0.1, 0.15) is 77.3 Å². The molecule has 0 atom stereocenters. The molecular weight excluding hydrogens is 585 g/mol. The van der Waals surface area contributed by atoms with E-state index in [1.807, 2.05) is 31.2 Å². The van der Waals surface area contributed by atoms with Crippen molar-refractivity contribution in [3.8, 4) is 11.5 Å². The lowest BCUT2D eigenvalue weighted by Crippen LogP contribution is -2.45. The Kier molecular flexibility index (Phi) is 9.04. The first kappa shape index (κ1) is 31.6. The van der Waals surface area contributed by atoms with Gasteiger partial charge < -0.3 is 19.1 Å². The number of allylic oxidation sites excluding steroid dienone is 4. The molecule has 0 saturated carbocycles. The molecule has 0 fully saturated rings. The minimum atomic E-state index is -0.459. The van der Waals surface area contributed by atoms with Crippen molar-refractivity contribution in [3.63, 3.8) is 0 Å². The third-order valence-electron chi connectivity index (χ3n) is 8.52. The Bertz CT molecular complexity index is 1450. The predicted octanol–water partition coefficient (Wildman–Crippen LogP) is 8.30. The van der Waals surface area contributed by atoms with E-state index in [2.05, 4.69) is 32.6 Å². The van der Waals surface area contributed by atoms with Gasteiger partial charge in [-0.2, -0.15) is 0 Å². The minimum absolute atomic E-state index is 0.0979. The number of hydrogen-bond donors (Lipinski definition) is 0. The summed E-state index contributed by atoms with van der Waals surface area (Å²) in [5.74, 6) is 0.879. The zero-order valence-electron chi connectivity index (χ0n) is 25.9. The number of rotatable bonds is 9. The Morgan fingerprint density at radius 3 is 2.00 bits per heavy atom. The maximum atomic E-state index is 14.0. The fourth-order valence-corrected chi connectivity index (χ4v) is 7.04. The van der Waals surface area contributed by atoms with Gasteiger partial charge in [-0.05, 0) is 66.0 Å². The molecule has 8 heteroatoms. The summed E-state index contributed by atoms with van der Waals surface area (Å²) < 4.78 is 17.7. The minimum Gasteiger partial charge on any atom is -0.490 e. The molecule has 2 aliphatic carbocycles. The first-order valence-electron chi connectivity index (χ1n) is 15.0. The highest BCUT2D eigenvalue weighted by Crippen LogP contribution is 2.55. The second kappa shape index (κ2) is 12.3. The third kappa shape index (κ3) is 6.52. The van der Waals surface area contributed by atoms with Crippen molar-refractivity contribution in [1.29, 1.82) is 0 Å². The lowest BCUT2D eigenvalue weighted by atomic mass is 9.63. The average molecular weight is 627 g/mol. The summed E-state index contributed by atoms with van der Waals surface area (Å²) >= 11 is 12.3. The summed E-state index contributed by atoms with van der Waals surface area (Å²) in [6, 6.07) is 11.2. The number of ether oxygens (including phenoxy) is 3. The largest absolute Gasteiger partial charge is 0.490 e. The van der Waals surface area contributed by atoms with Crippen LogP contribution in [0.25, 0.3) is 0 Å². The molecule has 0 amide bonds. The topological polar surface area (TPSA) is 65.1 Å². The number of Topliss-reactive ketones (excluding diaryl/α,β-unsaturated/α-hetero) is 2. The highest BCUT2D eigenvalue weighted by atomic mass is 35.5. The maximum absolute atomic E-state index is 14.0. The van der Waals surface area contributed by atoms with E-state index in [4.69, 9.17) is 37.4 Å². The molecule has 0 saturated heterocycles. The van der Waals surface area contributed by atoms with Crippen LogP contribution >= 0.6 is 23.2 Å². The van der Waals surface area contributed by atoms with E-state index in [9.17, 15) is 9.59 Å². The van der Waals surface area contributed by atoms with Crippen molar-refractivity contribution in [3.05, 3.63) is 80.1 Å². The Labute approximate surface area is 265 Å². The fourth-order valence-electron chi connectivity index (χ4n) is 6.72. The van der Waals surface area contributed by atoms with Crippen molar-refractivity contribution in [2.24, 2.45) is 10.8 Å². The van der Waals surface area contributed by atoms with Gasteiger partial charge in [0, 0.05) is 55.0 Å². The molecule has 0 spiro atoms. The zero-order chi connectivity index (χ0) is 31.1. The van der Waals surface area contributed by atoms with Gasteiger partial charge >= 0.3 is 0 Å². The smallest absolute Gasteiger partial charge is 0.162 e. The van der Waals surface area contributed by atoms with Crippen LogP contribution in [-0.4, -0.2) is 43.3 Å². The van der Waals surface area contributed by atoms with E-state index in [0.717, 1.165) is 46.5 Å². The van der Waals surface area contributed by atoms with Gasteiger partial charge in [0.15, 0.2) is 23.1 Å². The monoisotopic (exact) mass is 625 g/mol. The molecule has 3 aliphatic rings. The summed E-state index contributed by atoms with van der Waals surface area (Å²) in [5.41, 5.74) is 4.87. The van der Waals surface area contributed by atoms with Crippen molar-refractivity contribution in [1.82, 2.24) is 4.90 Å². The van der Waals surface area contributed by atoms with Gasteiger partial charge in [0.25, 0.3) is 0 Å². The van der Waals surface area contributed by atoms with Crippen LogP contribution in [0.4, 0.5) is 0 Å². The molecule has 1 heterocycles. The summed E-state index contributed by atoms with van der Waals surface area (Å²) in [7, 11) is 1.68. The molecule has 230 valence electrons. The van der Waals surface area contributed by atoms with Crippen LogP contribution in [0.15, 0.2) is 58.9 Å². The van der Waals surface area contributed by atoms with Gasteiger partial charge in [-0.3, -0.25) is 9.59 Å². The van der Waals surface area contributed by atoms with E-state index in [0.29, 0.717) is 54.1 Å². The molecule has 5 rings (SSSR count). The first-order chi connectivity index (χ1) is 20.3. The molecular formula is C35H41Cl2NO5. The van der Waals surface area contributed by atoms with Gasteiger partial charge in [-0.25, -0.2) is 0 Å². The van der Waals surface area contributed by atoms with E-state index in [-0.39, 0.29) is 29.0 Å². The number of nitrogens with zero attached hydrogens (tertiary/aromatic N) is 1. The quantitative estimate of drug-likeness (QED) is 0.279. The van der Waals surface area contributed by atoms with E-state index < -0.39 is 5.92 Å². The second-order valence-corrected chi connectivity index (χ2v) is 14.2. The van der Waals surface area contributed by atoms with E-state index in [1.54, 1.807) is 19.2 Å². The molecule has 0 radical (unpaired) electrons. The highest BCUT2D eigenvalue weighted by Gasteiger charge is 2.49. The third-order valence-corrected chi connectivity index (χ3v) is 9.26. The molecule has 0 bridgehead atoms. The summed E-state index contributed by atoms with van der Waals surface area (Å²) in [5, 5.41) is 0.954. The maximum Gasteiger partial charge on any atom is 0.162 e. The summed E-state index contributed by atoms with van der Waals surface area (Å²) in [6.45, 7) is 12.3. The zero-order valence-corrected chi connectivity index (χ0v) is 27.5. The number of ketones is 2. The molecule has 43 heavy (non-hydrogen) atoms. The van der Waals surface area contributed by atoms with E-state index >= 15 is 0 Å². The van der Waals surface area contributed by atoms with Gasteiger partial charge in [0.2, 0.25) is 0 Å². The molecule has 0 N–H and O–H groups in total. The molecule has 0 unspecified atom stereocenters. The van der Waals surface area contributed by atoms with Gasteiger partial charge in [-0.1, -0.05) is 63.0 Å². The second-order valence-electron chi connectivity index (χ2n) is 13.4. The van der Waals surface area contributed by atoms with Crippen molar-refractivity contribution < 1.29 is 23.8 Å². The van der Waals surface area contributed by atoms with Gasteiger partial charge in [0.05, 0.1) is 23.3 Å². The van der Waals surface area contributed by atoms with Crippen molar-refractivity contribution >= 4 is 34.8 Å². The fraction of sp³-hybridized carbons (Fsp3) is 0.486. The summed E-state index contributed by atoms with van der Waals surface area (Å²) in [6.07, 6.45) is 2.38. The van der Waals surface area contributed by atoms with Crippen LogP contribution < -0.4 is 9.47 Å². The number of halogens is 2. The summed E-state index contributed by atoms with van der Waals surface area (Å²) in [4.78, 5) is 30.3. The van der Waals surface area contributed by atoms with E-state index in [1.165, 1.54) is 0 Å². The SMILES string of the molecule is CCOc1cc(C2C3=C(CC(C)(C)CC3=O)N(CCOC)C3=C2C(=O)CC(C)(C)C3)ccc1OCc1ccc(Cl)c(Cl)c1. The normalized spacial score (nSPS) is 19.9. The lowest BCUT2D eigenvalue weighted by Gasteiger charge is -2.49. The van der Waals surface area contributed by atoms with Crippen LogP contribution in [0.2, 0.25) is 10.0 Å². The van der Waals surface area contributed by atoms with Gasteiger partial charge in [0.1, 0.15) is 6.61 Å². The number of methoxy groups -OCH3 is 1. The van der Waals surface area contributed by atoms with Gasteiger partial charge in [-0.15, -0.1) is 0 Å². The number of benzene rings is 2. The van der Waals surface area contributed by atoms with Crippen molar-refractivity contribution in [2.75, 3.05) is 26.9 Å². The number of carbonyl (C=O) groups excluding carboxylic acids is 2.